The molecule has 0 bridgehead atoms. The van der Waals surface area contributed by atoms with Crippen molar-refractivity contribution in [3.05, 3.63) is 11.8 Å². The minimum absolute atomic E-state index is 0.220. The number of hydrogen-bond acceptors (Lipinski definition) is 4. The number of rotatable bonds is 3. The summed E-state index contributed by atoms with van der Waals surface area (Å²) in [5.74, 6) is 0. The van der Waals surface area contributed by atoms with Gasteiger partial charge in [0, 0.05) is 6.04 Å². The van der Waals surface area contributed by atoms with Crippen LogP contribution < -0.4 is 5.14 Å². The number of nitrogens with two attached hydrogens (primary N) is 1. The van der Waals surface area contributed by atoms with Gasteiger partial charge in [-0.2, -0.15) is 5.10 Å². The van der Waals surface area contributed by atoms with E-state index in [0.717, 1.165) is 22.7 Å². The lowest BCUT2D eigenvalue weighted by atomic mass is 10.1. The zero-order valence-corrected chi connectivity index (χ0v) is 9.80. The van der Waals surface area contributed by atoms with Crippen LogP contribution >= 0.6 is 11.9 Å². The maximum atomic E-state index is 9.92. The van der Waals surface area contributed by atoms with Crippen molar-refractivity contribution in [2.75, 3.05) is 0 Å². The maximum absolute atomic E-state index is 9.92. The summed E-state index contributed by atoms with van der Waals surface area (Å²) in [7, 11) is 0. The summed E-state index contributed by atoms with van der Waals surface area (Å²) >= 11 is 1.09. The second-order valence-corrected chi connectivity index (χ2v) is 4.74. The third-order valence-corrected chi connectivity index (χ3v) is 2.39. The molecule has 0 spiro atoms. The molecule has 0 saturated heterocycles. The number of aliphatic hydroxyl groups is 1. The van der Waals surface area contributed by atoms with Gasteiger partial charge >= 0.3 is 0 Å². The van der Waals surface area contributed by atoms with E-state index in [1.165, 1.54) is 0 Å². The summed E-state index contributed by atoms with van der Waals surface area (Å²) in [6, 6.07) is 2.04. The van der Waals surface area contributed by atoms with E-state index in [1.807, 2.05) is 19.9 Å². The van der Waals surface area contributed by atoms with Crippen LogP contribution in [-0.2, 0) is 5.60 Å². The first-order chi connectivity index (χ1) is 6.36. The second-order valence-electron chi connectivity index (χ2n) is 4.08. The number of aromatic nitrogens is 2. The molecular formula is C9H17N3OS. The molecule has 5 heteroatoms. The molecular weight excluding hydrogens is 198 g/mol. The highest BCUT2D eigenvalue weighted by Crippen LogP contribution is 2.25. The summed E-state index contributed by atoms with van der Waals surface area (Å²) in [6.07, 6.45) is 0. The van der Waals surface area contributed by atoms with E-state index in [9.17, 15) is 5.11 Å². The van der Waals surface area contributed by atoms with Crippen molar-refractivity contribution >= 4 is 11.9 Å². The van der Waals surface area contributed by atoms with Gasteiger partial charge in [-0.15, -0.1) is 0 Å². The molecule has 0 radical (unpaired) electrons. The highest BCUT2D eigenvalue weighted by Gasteiger charge is 2.23. The monoisotopic (exact) mass is 215 g/mol. The fourth-order valence-corrected chi connectivity index (χ4v) is 1.59. The maximum Gasteiger partial charge on any atom is 0.133 e. The summed E-state index contributed by atoms with van der Waals surface area (Å²) in [4.78, 5) is 0. The molecule has 1 aromatic rings. The Balaban J connectivity index is 3.19. The SMILES string of the molecule is CC(C)n1nc(SN)cc1C(C)(C)O. The fraction of sp³-hybridized carbons (Fsp3) is 0.667. The van der Waals surface area contributed by atoms with E-state index in [0.29, 0.717) is 0 Å². The zero-order chi connectivity index (χ0) is 10.9. The van der Waals surface area contributed by atoms with Crippen LogP contribution in [0.4, 0.5) is 0 Å². The first-order valence-corrected chi connectivity index (χ1v) is 5.43. The smallest absolute Gasteiger partial charge is 0.133 e. The Morgan fingerprint density at radius 2 is 2.14 bits per heavy atom. The lowest BCUT2D eigenvalue weighted by Crippen LogP contribution is -2.22. The molecule has 1 heterocycles. The largest absolute Gasteiger partial charge is 0.384 e. The molecule has 0 atom stereocenters. The van der Waals surface area contributed by atoms with Crippen LogP contribution in [0, 0.1) is 0 Å². The minimum atomic E-state index is -0.884. The quantitative estimate of drug-likeness (QED) is 0.753. The molecule has 0 fully saturated rings. The molecule has 0 saturated carbocycles. The fourth-order valence-electron chi connectivity index (χ4n) is 1.28. The van der Waals surface area contributed by atoms with E-state index in [-0.39, 0.29) is 6.04 Å². The zero-order valence-electron chi connectivity index (χ0n) is 8.98. The van der Waals surface area contributed by atoms with Crippen molar-refractivity contribution in [3.63, 3.8) is 0 Å². The van der Waals surface area contributed by atoms with Gasteiger partial charge in [-0.25, -0.2) is 0 Å². The molecule has 0 amide bonds. The van der Waals surface area contributed by atoms with Gasteiger partial charge in [-0.3, -0.25) is 9.82 Å². The van der Waals surface area contributed by atoms with Gasteiger partial charge in [0.2, 0.25) is 0 Å². The van der Waals surface area contributed by atoms with E-state index < -0.39 is 5.60 Å². The number of nitrogens with zero attached hydrogens (tertiary/aromatic N) is 2. The van der Waals surface area contributed by atoms with Crippen LogP contribution in [0.1, 0.15) is 39.4 Å². The van der Waals surface area contributed by atoms with E-state index in [1.54, 1.807) is 18.5 Å². The van der Waals surface area contributed by atoms with Gasteiger partial charge in [0.25, 0.3) is 0 Å². The van der Waals surface area contributed by atoms with E-state index >= 15 is 0 Å². The topological polar surface area (TPSA) is 64.1 Å². The standard InChI is InChI=1S/C9H17N3OS/c1-6(2)12-7(9(3,4)13)5-8(11-12)14-10/h5-6,13H,10H2,1-4H3. The van der Waals surface area contributed by atoms with Gasteiger partial charge < -0.3 is 5.11 Å². The van der Waals surface area contributed by atoms with Crippen molar-refractivity contribution in [2.24, 2.45) is 5.14 Å². The summed E-state index contributed by atoms with van der Waals surface area (Å²) in [5.41, 5.74) is -0.0916. The van der Waals surface area contributed by atoms with Gasteiger partial charge in [0.1, 0.15) is 10.6 Å². The lowest BCUT2D eigenvalue weighted by Gasteiger charge is -2.20. The third kappa shape index (κ3) is 2.29. The molecule has 0 aliphatic heterocycles. The molecule has 0 unspecified atom stereocenters. The van der Waals surface area contributed by atoms with Crippen LogP contribution in [0.25, 0.3) is 0 Å². The molecule has 14 heavy (non-hydrogen) atoms. The predicted molar refractivity (Wildman–Crippen MR) is 57.9 cm³/mol. The van der Waals surface area contributed by atoms with Gasteiger partial charge in [0.15, 0.2) is 0 Å². The normalized spacial score (nSPS) is 12.5. The van der Waals surface area contributed by atoms with E-state index in [2.05, 4.69) is 5.10 Å². The number of hydrogen-bond donors (Lipinski definition) is 2. The first kappa shape index (κ1) is 11.6. The molecule has 0 aliphatic carbocycles. The van der Waals surface area contributed by atoms with Crippen LogP contribution in [-0.4, -0.2) is 14.9 Å². The third-order valence-electron chi connectivity index (χ3n) is 1.95. The highest BCUT2D eigenvalue weighted by atomic mass is 32.2. The Labute approximate surface area is 88.6 Å². The van der Waals surface area contributed by atoms with Crippen molar-refractivity contribution in [2.45, 2.75) is 44.4 Å². The summed E-state index contributed by atoms with van der Waals surface area (Å²) < 4.78 is 1.80. The average molecular weight is 215 g/mol. The highest BCUT2D eigenvalue weighted by molar-refractivity contribution is 7.97. The molecule has 3 N–H and O–H groups in total. The van der Waals surface area contributed by atoms with Gasteiger partial charge in [-0.05, 0) is 45.7 Å². The Morgan fingerprint density at radius 1 is 1.57 bits per heavy atom. The van der Waals surface area contributed by atoms with E-state index in [4.69, 9.17) is 5.14 Å². The molecule has 0 aromatic carbocycles. The van der Waals surface area contributed by atoms with Crippen molar-refractivity contribution in [3.8, 4) is 0 Å². The lowest BCUT2D eigenvalue weighted by molar-refractivity contribution is 0.0669. The second kappa shape index (κ2) is 3.92. The van der Waals surface area contributed by atoms with Crippen LogP contribution in [0.2, 0.25) is 0 Å². The van der Waals surface area contributed by atoms with Crippen molar-refractivity contribution in [1.29, 1.82) is 0 Å². The minimum Gasteiger partial charge on any atom is -0.384 e. The Morgan fingerprint density at radius 3 is 2.43 bits per heavy atom. The van der Waals surface area contributed by atoms with Crippen LogP contribution in [0.3, 0.4) is 0 Å². The molecule has 4 nitrogen and oxygen atoms in total. The van der Waals surface area contributed by atoms with Crippen LogP contribution in [0.5, 0.6) is 0 Å². The Hall–Kier alpha value is -0.520. The molecule has 1 aromatic heterocycles. The molecule has 0 aliphatic rings. The predicted octanol–water partition coefficient (Wildman–Crippen LogP) is 1.66. The summed E-state index contributed by atoms with van der Waals surface area (Å²) in [5, 5.41) is 20.4. The molecule has 1 rings (SSSR count). The van der Waals surface area contributed by atoms with Crippen molar-refractivity contribution in [1.82, 2.24) is 9.78 Å². The Kier molecular flexibility index (Phi) is 3.24. The Bertz CT molecular complexity index is 314. The van der Waals surface area contributed by atoms with Crippen LogP contribution in [0.15, 0.2) is 11.1 Å². The van der Waals surface area contributed by atoms with Gasteiger partial charge in [-0.1, -0.05) is 0 Å². The first-order valence-electron chi connectivity index (χ1n) is 4.55. The summed E-state index contributed by atoms with van der Waals surface area (Å²) in [6.45, 7) is 7.53. The van der Waals surface area contributed by atoms with Crippen molar-refractivity contribution < 1.29 is 5.11 Å². The molecule has 80 valence electrons. The average Bonchev–Trinajstić information content (AvgIpc) is 2.46. The van der Waals surface area contributed by atoms with Gasteiger partial charge in [0.05, 0.1) is 5.69 Å².